The van der Waals surface area contributed by atoms with Gasteiger partial charge in [0.1, 0.15) is 0 Å². The highest BCUT2D eigenvalue weighted by Gasteiger charge is 2.10. The van der Waals surface area contributed by atoms with Crippen LogP contribution in [0.4, 0.5) is 28.7 Å². The Kier molecular flexibility index (Phi) is 4.47. The highest BCUT2D eigenvalue weighted by molar-refractivity contribution is 6.05. The van der Waals surface area contributed by atoms with Crippen LogP contribution in [0.3, 0.4) is 0 Å². The van der Waals surface area contributed by atoms with E-state index in [1.54, 1.807) is 30.3 Å². The van der Waals surface area contributed by atoms with E-state index in [9.17, 15) is 4.79 Å². The molecule has 126 valence electrons. The maximum absolute atomic E-state index is 12.3. The van der Waals surface area contributed by atoms with Crippen molar-refractivity contribution >= 4 is 34.6 Å². The van der Waals surface area contributed by atoms with Gasteiger partial charge in [-0.3, -0.25) is 4.79 Å². The van der Waals surface area contributed by atoms with Crippen molar-refractivity contribution < 1.29 is 4.79 Å². The molecule has 1 amide bonds. The SMILES string of the molecule is Cc1ccc(N)cc1C(=O)Nc1cnc(Nc2cccc(N)c2)nc1. The number of aromatic nitrogens is 2. The van der Waals surface area contributed by atoms with Gasteiger partial charge in [-0.2, -0.15) is 0 Å². The summed E-state index contributed by atoms with van der Waals surface area (Å²) in [4.78, 5) is 20.7. The second kappa shape index (κ2) is 6.88. The molecule has 1 aromatic heterocycles. The van der Waals surface area contributed by atoms with Crippen LogP contribution in [0.15, 0.2) is 54.9 Å². The molecule has 0 aliphatic carbocycles. The van der Waals surface area contributed by atoms with Crippen molar-refractivity contribution in [1.82, 2.24) is 9.97 Å². The lowest BCUT2D eigenvalue weighted by molar-refractivity contribution is 0.102. The lowest BCUT2D eigenvalue weighted by Crippen LogP contribution is -2.14. The Bertz CT molecular complexity index is 908. The molecule has 7 nitrogen and oxygen atoms in total. The van der Waals surface area contributed by atoms with Crippen LogP contribution in [0.2, 0.25) is 0 Å². The van der Waals surface area contributed by atoms with Gasteiger partial charge in [-0.25, -0.2) is 9.97 Å². The van der Waals surface area contributed by atoms with Crippen molar-refractivity contribution in [2.45, 2.75) is 6.92 Å². The Morgan fingerprint density at radius 1 is 0.960 bits per heavy atom. The first-order chi connectivity index (χ1) is 12.0. The first-order valence-electron chi connectivity index (χ1n) is 7.63. The number of nitrogens with two attached hydrogens (primary N) is 2. The van der Waals surface area contributed by atoms with Crippen molar-refractivity contribution in [1.29, 1.82) is 0 Å². The highest BCUT2D eigenvalue weighted by atomic mass is 16.1. The molecular weight excluding hydrogens is 316 g/mol. The molecule has 0 aliphatic heterocycles. The maximum atomic E-state index is 12.3. The van der Waals surface area contributed by atoms with Gasteiger partial charge >= 0.3 is 0 Å². The summed E-state index contributed by atoms with van der Waals surface area (Å²) >= 11 is 0. The largest absolute Gasteiger partial charge is 0.399 e. The van der Waals surface area contributed by atoms with Crippen molar-refractivity contribution in [2.75, 3.05) is 22.1 Å². The van der Waals surface area contributed by atoms with Crippen LogP contribution in [0.5, 0.6) is 0 Å². The molecule has 0 saturated heterocycles. The van der Waals surface area contributed by atoms with Crippen molar-refractivity contribution in [2.24, 2.45) is 0 Å². The van der Waals surface area contributed by atoms with Crippen molar-refractivity contribution in [3.05, 3.63) is 66.0 Å². The molecule has 0 aliphatic rings. The predicted octanol–water partition coefficient (Wildman–Crippen LogP) is 2.95. The zero-order valence-corrected chi connectivity index (χ0v) is 13.7. The fourth-order valence-electron chi connectivity index (χ4n) is 2.29. The highest BCUT2D eigenvalue weighted by Crippen LogP contribution is 2.18. The van der Waals surface area contributed by atoms with E-state index in [4.69, 9.17) is 11.5 Å². The van der Waals surface area contributed by atoms with Gasteiger partial charge in [-0.1, -0.05) is 12.1 Å². The molecule has 0 unspecified atom stereocenters. The van der Waals surface area contributed by atoms with E-state index in [2.05, 4.69) is 20.6 Å². The molecule has 7 heteroatoms. The molecule has 2 aromatic carbocycles. The van der Waals surface area contributed by atoms with Crippen LogP contribution in [0.25, 0.3) is 0 Å². The van der Waals surface area contributed by atoms with Crippen LogP contribution < -0.4 is 22.1 Å². The number of carbonyl (C=O) groups is 1. The third-order valence-corrected chi connectivity index (χ3v) is 3.56. The predicted molar refractivity (Wildman–Crippen MR) is 99.7 cm³/mol. The smallest absolute Gasteiger partial charge is 0.256 e. The number of rotatable bonds is 4. The quantitative estimate of drug-likeness (QED) is 0.545. The van der Waals surface area contributed by atoms with Gasteiger partial charge < -0.3 is 22.1 Å². The third-order valence-electron chi connectivity index (χ3n) is 3.56. The lowest BCUT2D eigenvalue weighted by Gasteiger charge is -2.09. The summed E-state index contributed by atoms with van der Waals surface area (Å²) in [5.41, 5.74) is 15.3. The lowest BCUT2D eigenvalue weighted by atomic mass is 10.1. The number of hydrogen-bond acceptors (Lipinski definition) is 6. The minimum absolute atomic E-state index is 0.259. The second-order valence-electron chi connectivity index (χ2n) is 5.57. The number of benzene rings is 2. The number of carbonyl (C=O) groups excluding carboxylic acids is 1. The number of aryl methyl sites for hydroxylation is 1. The van der Waals surface area contributed by atoms with Crippen molar-refractivity contribution in [3.63, 3.8) is 0 Å². The Hall–Kier alpha value is -3.61. The molecule has 1 heterocycles. The van der Waals surface area contributed by atoms with Crippen LogP contribution in [-0.4, -0.2) is 15.9 Å². The Morgan fingerprint density at radius 3 is 2.40 bits per heavy atom. The fourth-order valence-corrected chi connectivity index (χ4v) is 2.29. The average Bonchev–Trinajstić information content (AvgIpc) is 2.59. The molecule has 6 N–H and O–H groups in total. The number of nitrogens with zero attached hydrogens (tertiary/aromatic N) is 2. The second-order valence-corrected chi connectivity index (χ2v) is 5.57. The van der Waals surface area contributed by atoms with Crippen LogP contribution in [0, 0.1) is 6.92 Å². The van der Waals surface area contributed by atoms with Crippen molar-refractivity contribution in [3.8, 4) is 0 Å². The minimum Gasteiger partial charge on any atom is -0.399 e. The van der Waals surface area contributed by atoms with E-state index in [1.807, 2.05) is 19.1 Å². The molecule has 0 spiro atoms. The van der Waals surface area contributed by atoms with E-state index in [0.717, 1.165) is 11.3 Å². The van der Waals surface area contributed by atoms with Gasteiger partial charge in [-0.05, 0) is 42.8 Å². The van der Waals surface area contributed by atoms with Crippen LogP contribution >= 0.6 is 0 Å². The van der Waals surface area contributed by atoms with Gasteiger partial charge in [0, 0.05) is 22.6 Å². The summed E-state index contributed by atoms with van der Waals surface area (Å²) in [5, 5.41) is 5.80. The van der Waals surface area contributed by atoms with Gasteiger partial charge in [0.25, 0.3) is 5.91 Å². The standard InChI is InChI=1S/C18H18N6O/c1-11-5-6-13(20)8-16(11)17(25)23-15-9-21-18(22-10-15)24-14-4-2-3-12(19)7-14/h2-10H,19-20H2,1H3,(H,23,25)(H,21,22,24). The van der Waals surface area contributed by atoms with Gasteiger partial charge in [0.15, 0.2) is 0 Å². The summed E-state index contributed by atoms with van der Waals surface area (Å²) in [6.07, 6.45) is 3.06. The monoisotopic (exact) mass is 334 g/mol. The first-order valence-corrected chi connectivity index (χ1v) is 7.63. The number of hydrogen-bond donors (Lipinski definition) is 4. The van der Waals surface area contributed by atoms with Gasteiger partial charge in [0.05, 0.1) is 18.1 Å². The molecule has 0 saturated carbocycles. The van der Waals surface area contributed by atoms with Gasteiger partial charge in [-0.15, -0.1) is 0 Å². The zero-order valence-electron chi connectivity index (χ0n) is 13.7. The molecule has 0 radical (unpaired) electrons. The number of anilines is 5. The fraction of sp³-hybridized carbons (Fsp3) is 0.0556. The molecule has 3 aromatic rings. The Balaban J connectivity index is 1.70. The number of amides is 1. The maximum Gasteiger partial charge on any atom is 0.256 e. The van der Waals surface area contributed by atoms with E-state index >= 15 is 0 Å². The number of nitrogen functional groups attached to an aromatic ring is 2. The zero-order chi connectivity index (χ0) is 17.8. The molecule has 0 atom stereocenters. The molecular formula is C18H18N6O. The summed E-state index contributed by atoms with van der Waals surface area (Å²) in [6.45, 7) is 1.85. The van der Waals surface area contributed by atoms with E-state index in [1.165, 1.54) is 12.4 Å². The van der Waals surface area contributed by atoms with E-state index in [0.29, 0.717) is 28.6 Å². The molecule has 0 fully saturated rings. The number of nitrogens with one attached hydrogen (secondary N) is 2. The van der Waals surface area contributed by atoms with E-state index in [-0.39, 0.29) is 5.91 Å². The van der Waals surface area contributed by atoms with E-state index < -0.39 is 0 Å². The first kappa shape index (κ1) is 16.3. The normalized spacial score (nSPS) is 10.3. The summed E-state index contributed by atoms with van der Waals surface area (Å²) in [6, 6.07) is 12.5. The van der Waals surface area contributed by atoms with Gasteiger partial charge in [0.2, 0.25) is 5.95 Å². The Labute approximate surface area is 145 Å². The van der Waals surface area contributed by atoms with Crippen LogP contribution in [-0.2, 0) is 0 Å². The molecule has 0 bridgehead atoms. The average molecular weight is 334 g/mol. The summed E-state index contributed by atoms with van der Waals surface area (Å²) in [7, 11) is 0. The summed E-state index contributed by atoms with van der Waals surface area (Å²) in [5.74, 6) is 0.147. The topological polar surface area (TPSA) is 119 Å². The Morgan fingerprint density at radius 2 is 1.68 bits per heavy atom. The van der Waals surface area contributed by atoms with Crippen LogP contribution in [0.1, 0.15) is 15.9 Å². The third kappa shape index (κ3) is 4.03. The minimum atomic E-state index is -0.259. The molecule has 3 rings (SSSR count). The summed E-state index contributed by atoms with van der Waals surface area (Å²) < 4.78 is 0. The molecule has 25 heavy (non-hydrogen) atoms.